The van der Waals surface area contributed by atoms with E-state index in [1.165, 1.54) is 24.3 Å². The van der Waals surface area contributed by atoms with E-state index in [4.69, 9.17) is 27.4 Å². The van der Waals surface area contributed by atoms with Crippen LogP contribution in [0.2, 0.25) is 0 Å². The zero-order valence-electron chi connectivity index (χ0n) is 9.61. The number of hydrogen-bond donors (Lipinski definition) is 3. The first-order chi connectivity index (χ1) is 8.24. The average Bonchev–Trinajstić information content (AvgIpc) is 2.24. The number of esters is 1. The maximum Gasteiger partial charge on any atom is 0.394 e. The fraction of sp³-hybridized carbons (Fsp3) is 0.300. The molecule has 0 spiro atoms. The van der Waals surface area contributed by atoms with Crippen molar-refractivity contribution in [3.8, 4) is 5.75 Å². The molecule has 7 nitrogen and oxygen atoms in total. The van der Waals surface area contributed by atoms with Gasteiger partial charge in [-0.05, 0) is 30.7 Å². The molecule has 1 aromatic rings. The van der Waals surface area contributed by atoms with E-state index in [2.05, 4.69) is 0 Å². The number of benzene rings is 1. The molecule has 0 atom stereocenters. The smallest absolute Gasteiger partial charge is 0.394 e. The minimum atomic E-state index is -4.67. The molecule has 0 amide bonds. The monoisotopic (exact) mass is 278 g/mol. The van der Waals surface area contributed by atoms with Crippen molar-refractivity contribution >= 4 is 16.4 Å². The molecule has 1 rings (SSSR count). The summed E-state index contributed by atoms with van der Waals surface area (Å²) in [5.74, 6) is -0.200. The highest BCUT2D eigenvalue weighted by molar-refractivity contribution is 7.79. The van der Waals surface area contributed by atoms with Crippen molar-refractivity contribution in [1.82, 2.24) is 0 Å². The molecule has 1 aromatic carbocycles. The van der Waals surface area contributed by atoms with Gasteiger partial charge >= 0.3 is 16.4 Å². The molecule has 8 heteroatoms. The van der Waals surface area contributed by atoms with Crippen molar-refractivity contribution in [2.45, 2.75) is 13.3 Å². The number of hydrogen-bond acceptors (Lipinski definition) is 5. The predicted molar refractivity (Wildman–Crippen MR) is 62.9 cm³/mol. The largest absolute Gasteiger partial charge is 0.508 e. The number of ether oxygens (including phenoxy) is 1. The van der Waals surface area contributed by atoms with E-state index in [1.807, 2.05) is 6.92 Å². The highest BCUT2D eigenvalue weighted by Crippen LogP contribution is 2.10. The zero-order valence-corrected chi connectivity index (χ0v) is 10.4. The average molecular weight is 278 g/mol. The summed E-state index contributed by atoms with van der Waals surface area (Å²) >= 11 is 0. The lowest BCUT2D eigenvalue weighted by Gasteiger charge is -2.02. The Labute approximate surface area is 105 Å². The Morgan fingerprint density at radius 1 is 1.22 bits per heavy atom. The van der Waals surface area contributed by atoms with Gasteiger partial charge in [-0.1, -0.05) is 6.92 Å². The molecule has 0 bridgehead atoms. The normalized spacial score (nSPS) is 10.2. The topological polar surface area (TPSA) is 121 Å². The minimum Gasteiger partial charge on any atom is -0.508 e. The highest BCUT2D eigenvalue weighted by atomic mass is 32.3. The van der Waals surface area contributed by atoms with Crippen molar-refractivity contribution < 1.29 is 32.2 Å². The number of carbonyl (C=O) groups excluding carboxylic acids is 1. The molecule has 102 valence electrons. The van der Waals surface area contributed by atoms with Gasteiger partial charge in [0.15, 0.2) is 0 Å². The number of phenols is 1. The summed E-state index contributed by atoms with van der Waals surface area (Å²) in [7, 11) is -4.67. The van der Waals surface area contributed by atoms with Gasteiger partial charge in [0, 0.05) is 0 Å². The Hall–Kier alpha value is -1.64. The second kappa shape index (κ2) is 7.64. The van der Waals surface area contributed by atoms with Crippen LogP contribution >= 0.6 is 0 Å². The molecule has 0 saturated carbocycles. The third-order valence-corrected chi connectivity index (χ3v) is 1.54. The molecule has 0 heterocycles. The molecule has 0 aliphatic rings. The van der Waals surface area contributed by atoms with Crippen LogP contribution in [0, 0.1) is 0 Å². The lowest BCUT2D eigenvalue weighted by Crippen LogP contribution is -2.05. The van der Waals surface area contributed by atoms with Crippen LogP contribution in [0.25, 0.3) is 0 Å². The highest BCUT2D eigenvalue weighted by Gasteiger charge is 2.05. The summed E-state index contributed by atoms with van der Waals surface area (Å²) in [4.78, 5) is 11.2. The first-order valence-corrected chi connectivity index (χ1v) is 6.29. The van der Waals surface area contributed by atoms with Crippen molar-refractivity contribution in [3.63, 3.8) is 0 Å². The van der Waals surface area contributed by atoms with E-state index < -0.39 is 10.4 Å². The molecule has 0 radical (unpaired) electrons. The van der Waals surface area contributed by atoms with Crippen LogP contribution in [-0.4, -0.2) is 35.2 Å². The fourth-order valence-electron chi connectivity index (χ4n) is 0.876. The molecule has 3 N–H and O–H groups in total. The summed E-state index contributed by atoms with van der Waals surface area (Å²) in [6, 6.07) is 5.99. The van der Waals surface area contributed by atoms with Crippen LogP contribution in [0.15, 0.2) is 24.3 Å². The summed E-state index contributed by atoms with van der Waals surface area (Å²) in [5, 5.41) is 8.96. The third-order valence-electron chi connectivity index (χ3n) is 1.54. The van der Waals surface area contributed by atoms with Crippen molar-refractivity contribution in [2.24, 2.45) is 0 Å². The Kier molecular flexibility index (Phi) is 6.94. The summed E-state index contributed by atoms with van der Waals surface area (Å²) in [6.07, 6.45) is 0.809. The maximum atomic E-state index is 11.2. The molecule has 0 aliphatic heterocycles. The van der Waals surface area contributed by atoms with E-state index in [1.54, 1.807) is 0 Å². The SMILES string of the molecule is CCCOC(=O)c1ccc(O)cc1.O=S(=O)(O)O. The molecule has 0 aromatic heterocycles. The molecule has 0 fully saturated rings. The van der Waals surface area contributed by atoms with E-state index in [0.717, 1.165) is 6.42 Å². The van der Waals surface area contributed by atoms with Gasteiger partial charge in [-0.2, -0.15) is 8.42 Å². The van der Waals surface area contributed by atoms with Crippen LogP contribution in [0.3, 0.4) is 0 Å². The molecular formula is C10H14O7S. The number of aromatic hydroxyl groups is 1. The maximum absolute atomic E-state index is 11.2. The van der Waals surface area contributed by atoms with Crippen molar-refractivity contribution in [3.05, 3.63) is 29.8 Å². The summed E-state index contributed by atoms with van der Waals surface area (Å²) < 4.78 is 36.5. The lowest BCUT2D eigenvalue weighted by atomic mass is 10.2. The van der Waals surface area contributed by atoms with Crippen LogP contribution in [-0.2, 0) is 15.1 Å². The Bertz CT molecular complexity index is 456. The van der Waals surface area contributed by atoms with Crippen LogP contribution < -0.4 is 0 Å². The molecule has 0 unspecified atom stereocenters. The molecule has 18 heavy (non-hydrogen) atoms. The first kappa shape index (κ1) is 16.4. The Morgan fingerprint density at radius 3 is 2.06 bits per heavy atom. The standard InChI is InChI=1S/C10H12O3.H2O4S/c1-2-7-13-10(12)8-3-5-9(11)6-4-8;1-5(2,3)4/h3-6,11H,2,7H2,1H3;(H2,1,2,3,4). The van der Waals surface area contributed by atoms with E-state index in [-0.39, 0.29) is 11.7 Å². The minimum absolute atomic E-state index is 0.145. The Morgan fingerprint density at radius 2 is 1.67 bits per heavy atom. The van der Waals surface area contributed by atoms with Crippen molar-refractivity contribution in [2.75, 3.05) is 6.61 Å². The van der Waals surface area contributed by atoms with Gasteiger partial charge in [-0.15, -0.1) is 0 Å². The Balaban J connectivity index is 0.000000494. The van der Waals surface area contributed by atoms with Crippen LogP contribution in [0.5, 0.6) is 5.75 Å². The van der Waals surface area contributed by atoms with Gasteiger partial charge in [-0.3, -0.25) is 9.11 Å². The van der Waals surface area contributed by atoms with E-state index >= 15 is 0 Å². The zero-order chi connectivity index (χ0) is 14.2. The predicted octanol–water partition coefficient (Wildman–Crippen LogP) is 1.31. The third kappa shape index (κ3) is 9.58. The number of rotatable bonds is 3. The van der Waals surface area contributed by atoms with Crippen LogP contribution in [0.4, 0.5) is 0 Å². The second-order valence-electron chi connectivity index (χ2n) is 3.13. The summed E-state index contributed by atoms with van der Waals surface area (Å²) in [6.45, 7) is 2.36. The second-order valence-corrected chi connectivity index (χ2v) is 4.03. The molecule has 0 aliphatic carbocycles. The van der Waals surface area contributed by atoms with Gasteiger partial charge in [0.2, 0.25) is 0 Å². The number of phenolic OH excluding ortho intramolecular Hbond substituents is 1. The van der Waals surface area contributed by atoms with Gasteiger partial charge in [-0.25, -0.2) is 4.79 Å². The quantitative estimate of drug-likeness (QED) is 0.562. The lowest BCUT2D eigenvalue weighted by molar-refractivity contribution is 0.0505. The van der Waals surface area contributed by atoms with Gasteiger partial charge < -0.3 is 9.84 Å². The first-order valence-electron chi connectivity index (χ1n) is 4.90. The van der Waals surface area contributed by atoms with Gasteiger partial charge in [0.05, 0.1) is 12.2 Å². The van der Waals surface area contributed by atoms with E-state index in [0.29, 0.717) is 12.2 Å². The molecular weight excluding hydrogens is 264 g/mol. The van der Waals surface area contributed by atoms with Gasteiger partial charge in [0.1, 0.15) is 5.75 Å². The molecule has 0 saturated heterocycles. The van der Waals surface area contributed by atoms with E-state index in [9.17, 15) is 4.79 Å². The van der Waals surface area contributed by atoms with Gasteiger partial charge in [0.25, 0.3) is 0 Å². The van der Waals surface area contributed by atoms with Crippen LogP contribution in [0.1, 0.15) is 23.7 Å². The van der Waals surface area contributed by atoms with Crippen molar-refractivity contribution in [1.29, 1.82) is 0 Å². The fourth-order valence-corrected chi connectivity index (χ4v) is 0.876. The number of carbonyl (C=O) groups is 1. The summed E-state index contributed by atoms with van der Waals surface area (Å²) in [5.41, 5.74) is 0.464.